The topological polar surface area (TPSA) is 90.7 Å². The van der Waals surface area contributed by atoms with Crippen LogP contribution in [0.15, 0.2) is 0 Å². The third-order valence-electron chi connectivity index (χ3n) is 1.59. The molecule has 0 heterocycles. The second-order valence-corrected chi connectivity index (χ2v) is 2.92. The Morgan fingerprint density at radius 2 is 1.93 bits per heavy atom. The first-order chi connectivity index (χ1) is 7.16. The Labute approximate surface area is 89.1 Å². The molecule has 3 N–H and O–H groups in total. The summed E-state index contributed by atoms with van der Waals surface area (Å²) >= 11 is 0. The average Bonchev–Trinajstić information content (AvgIpc) is 2.19. The lowest BCUT2D eigenvalue weighted by Crippen LogP contribution is -2.28. The lowest BCUT2D eigenvalue weighted by Gasteiger charge is -2.05. The van der Waals surface area contributed by atoms with Gasteiger partial charge in [-0.15, -0.1) is 0 Å². The van der Waals surface area contributed by atoms with Gasteiger partial charge in [-0.3, -0.25) is 9.59 Å². The maximum atomic E-state index is 11.0. The fourth-order valence-electron chi connectivity index (χ4n) is 0.821. The highest BCUT2D eigenvalue weighted by molar-refractivity contribution is 5.75. The molecule has 0 aromatic rings. The van der Waals surface area contributed by atoms with Crippen LogP contribution in [0.4, 0.5) is 0 Å². The van der Waals surface area contributed by atoms with Crippen molar-refractivity contribution in [3.05, 3.63) is 0 Å². The number of rotatable bonds is 9. The predicted octanol–water partition coefficient (Wildman–Crippen LogP) is -0.969. The number of carbonyl (C=O) groups excluding carboxylic acids is 2. The van der Waals surface area contributed by atoms with Gasteiger partial charge in [-0.2, -0.15) is 0 Å². The van der Waals surface area contributed by atoms with Gasteiger partial charge < -0.3 is 20.5 Å². The van der Waals surface area contributed by atoms with Crippen molar-refractivity contribution in [1.82, 2.24) is 5.32 Å². The quantitative estimate of drug-likeness (QED) is 0.487. The Morgan fingerprint density at radius 1 is 1.20 bits per heavy atom. The van der Waals surface area contributed by atoms with E-state index in [0.717, 1.165) is 0 Å². The first-order valence-electron chi connectivity index (χ1n) is 4.78. The molecule has 0 fully saturated rings. The van der Waals surface area contributed by atoms with Gasteiger partial charge in [0, 0.05) is 26.5 Å². The molecule has 2 amide bonds. The van der Waals surface area contributed by atoms with Gasteiger partial charge in [-0.1, -0.05) is 0 Å². The molecule has 0 spiro atoms. The molecule has 6 nitrogen and oxygen atoms in total. The van der Waals surface area contributed by atoms with E-state index in [9.17, 15) is 9.59 Å². The monoisotopic (exact) mass is 218 g/mol. The summed E-state index contributed by atoms with van der Waals surface area (Å²) in [5, 5.41) is 2.65. The van der Waals surface area contributed by atoms with E-state index < -0.39 is 0 Å². The van der Waals surface area contributed by atoms with E-state index in [-0.39, 0.29) is 18.2 Å². The van der Waals surface area contributed by atoms with Crippen molar-refractivity contribution in [2.45, 2.75) is 12.8 Å². The molecule has 0 atom stereocenters. The minimum atomic E-state index is -0.390. The van der Waals surface area contributed by atoms with Crippen molar-refractivity contribution in [2.24, 2.45) is 5.73 Å². The van der Waals surface area contributed by atoms with E-state index in [2.05, 4.69) is 5.32 Å². The van der Waals surface area contributed by atoms with E-state index in [4.69, 9.17) is 15.2 Å². The van der Waals surface area contributed by atoms with Gasteiger partial charge in [0.1, 0.15) is 0 Å². The van der Waals surface area contributed by atoms with Crippen molar-refractivity contribution in [1.29, 1.82) is 0 Å². The minimum Gasteiger partial charge on any atom is -0.384 e. The molecule has 0 aliphatic rings. The molecule has 0 radical (unpaired) electrons. The van der Waals surface area contributed by atoms with Crippen molar-refractivity contribution < 1.29 is 19.1 Å². The first kappa shape index (κ1) is 13.9. The number of ether oxygens (including phenoxy) is 2. The SMILES string of the molecule is COCCC(=O)NCCOCCC(N)=O. The summed E-state index contributed by atoms with van der Waals surface area (Å²) in [6.07, 6.45) is 0.551. The Kier molecular flexibility index (Phi) is 8.70. The Bertz CT molecular complexity index is 197. The highest BCUT2D eigenvalue weighted by Gasteiger charge is 1.99. The second-order valence-electron chi connectivity index (χ2n) is 2.92. The maximum absolute atomic E-state index is 11.0. The van der Waals surface area contributed by atoms with Crippen LogP contribution < -0.4 is 11.1 Å². The summed E-state index contributed by atoms with van der Waals surface area (Å²) in [6, 6.07) is 0. The Balaban J connectivity index is 3.16. The standard InChI is InChI=1S/C9H18N2O4/c1-14-5-3-9(13)11-4-7-15-6-2-8(10)12/h2-7H2,1H3,(H2,10,12)(H,11,13). The van der Waals surface area contributed by atoms with Crippen molar-refractivity contribution >= 4 is 11.8 Å². The fraction of sp³-hybridized carbons (Fsp3) is 0.778. The normalized spacial score (nSPS) is 9.93. The van der Waals surface area contributed by atoms with Crippen LogP contribution in [0.5, 0.6) is 0 Å². The lowest BCUT2D eigenvalue weighted by molar-refractivity contribution is -0.122. The molecule has 0 rings (SSSR count). The summed E-state index contributed by atoms with van der Waals surface area (Å²) in [5.41, 5.74) is 4.91. The van der Waals surface area contributed by atoms with Gasteiger partial charge in [0.2, 0.25) is 11.8 Å². The zero-order valence-electron chi connectivity index (χ0n) is 8.95. The van der Waals surface area contributed by atoms with Gasteiger partial charge in [0.25, 0.3) is 0 Å². The molecule has 0 aromatic heterocycles. The van der Waals surface area contributed by atoms with Gasteiger partial charge in [-0.05, 0) is 0 Å². The number of hydrogen-bond donors (Lipinski definition) is 2. The van der Waals surface area contributed by atoms with Crippen LogP contribution in [0.2, 0.25) is 0 Å². The van der Waals surface area contributed by atoms with Gasteiger partial charge in [0.15, 0.2) is 0 Å². The smallest absolute Gasteiger partial charge is 0.222 e. The molecule has 88 valence electrons. The van der Waals surface area contributed by atoms with Crippen LogP contribution in [0.3, 0.4) is 0 Å². The molecule has 0 aliphatic carbocycles. The molecule has 0 aromatic carbocycles. The molecule has 0 saturated carbocycles. The van der Waals surface area contributed by atoms with Crippen molar-refractivity contribution in [3.63, 3.8) is 0 Å². The van der Waals surface area contributed by atoms with Gasteiger partial charge >= 0.3 is 0 Å². The molecule has 0 bridgehead atoms. The fourth-order valence-corrected chi connectivity index (χ4v) is 0.821. The van der Waals surface area contributed by atoms with Crippen LogP contribution in [0, 0.1) is 0 Å². The van der Waals surface area contributed by atoms with E-state index in [0.29, 0.717) is 32.8 Å². The average molecular weight is 218 g/mol. The molecular weight excluding hydrogens is 200 g/mol. The molecule has 6 heteroatoms. The van der Waals surface area contributed by atoms with E-state index in [1.54, 1.807) is 7.11 Å². The summed E-state index contributed by atoms with van der Waals surface area (Å²) in [4.78, 5) is 21.3. The zero-order valence-corrected chi connectivity index (χ0v) is 8.95. The molecular formula is C9H18N2O4. The van der Waals surface area contributed by atoms with Gasteiger partial charge in [0.05, 0.1) is 19.8 Å². The molecule has 0 aliphatic heterocycles. The number of methoxy groups -OCH3 is 1. The highest BCUT2D eigenvalue weighted by atomic mass is 16.5. The molecule has 0 unspecified atom stereocenters. The zero-order chi connectivity index (χ0) is 11.5. The number of carbonyl (C=O) groups is 2. The largest absolute Gasteiger partial charge is 0.384 e. The molecule has 0 saturated heterocycles. The number of nitrogens with two attached hydrogens (primary N) is 1. The van der Waals surface area contributed by atoms with Crippen molar-refractivity contribution in [3.8, 4) is 0 Å². The Hall–Kier alpha value is -1.14. The first-order valence-corrected chi connectivity index (χ1v) is 4.78. The summed E-state index contributed by atoms with van der Waals surface area (Å²) in [7, 11) is 1.54. The number of hydrogen-bond acceptors (Lipinski definition) is 4. The van der Waals surface area contributed by atoms with Crippen LogP contribution in [-0.2, 0) is 19.1 Å². The lowest BCUT2D eigenvalue weighted by atomic mass is 10.4. The van der Waals surface area contributed by atoms with E-state index >= 15 is 0 Å². The van der Waals surface area contributed by atoms with Gasteiger partial charge in [-0.25, -0.2) is 0 Å². The number of amides is 2. The summed E-state index contributed by atoms with van der Waals surface area (Å²) < 4.78 is 9.79. The second kappa shape index (κ2) is 9.42. The van der Waals surface area contributed by atoms with E-state index in [1.165, 1.54) is 0 Å². The Morgan fingerprint density at radius 3 is 2.53 bits per heavy atom. The third kappa shape index (κ3) is 10.8. The van der Waals surface area contributed by atoms with Crippen LogP contribution in [0.1, 0.15) is 12.8 Å². The maximum Gasteiger partial charge on any atom is 0.222 e. The van der Waals surface area contributed by atoms with E-state index in [1.807, 2.05) is 0 Å². The summed E-state index contributed by atoms with van der Waals surface area (Å²) in [5.74, 6) is -0.463. The minimum absolute atomic E-state index is 0.0737. The van der Waals surface area contributed by atoms with Crippen LogP contribution in [0.25, 0.3) is 0 Å². The van der Waals surface area contributed by atoms with Crippen molar-refractivity contribution in [2.75, 3.05) is 33.5 Å². The van der Waals surface area contributed by atoms with Crippen LogP contribution in [-0.4, -0.2) is 45.3 Å². The number of nitrogens with one attached hydrogen (secondary N) is 1. The van der Waals surface area contributed by atoms with Crippen LogP contribution >= 0.6 is 0 Å². The predicted molar refractivity (Wildman–Crippen MR) is 54.1 cm³/mol. The summed E-state index contributed by atoms with van der Waals surface area (Å²) in [6.45, 7) is 1.52. The highest BCUT2D eigenvalue weighted by Crippen LogP contribution is 1.82. The molecule has 15 heavy (non-hydrogen) atoms. The third-order valence-corrected chi connectivity index (χ3v) is 1.59. The number of primary amides is 1.